The lowest BCUT2D eigenvalue weighted by molar-refractivity contribution is 0.0697. The molecule has 0 fully saturated rings. The van der Waals surface area contributed by atoms with Gasteiger partial charge in [-0.1, -0.05) is 59.6 Å². The molecule has 0 aliphatic rings. The van der Waals surface area contributed by atoms with E-state index >= 15 is 0 Å². The highest BCUT2D eigenvalue weighted by molar-refractivity contribution is 6.33. The van der Waals surface area contributed by atoms with Crippen molar-refractivity contribution in [2.45, 2.75) is 13.2 Å². The summed E-state index contributed by atoms with van der Waals surface area (Å²) in [6.45, 7) is 0.323. The summed E-state index contributed by atoms with van der Waals surface area (Å²) < 4.78 is 20.2. The smallest absolute Gasteiger partial charge is 0.337 e. The van der Waals surface area contributed by atoms with Crippen LogP contribution in [-0.4, -0.2) is 11.1 Å². The number of rotatable bonds is 7. The van der Waals surface area contributed by atoms with E-state index < -0.39 is 11.8 Å². The topological polar surface area (TPSA) is 58.6 Å². The Morgan fingerprint density at radius 3 is 2.53 bits per heavy atom. The molecule has 2 N–H and O–H groups in total. The maximum atomic E-state index is 14.2. The minimum Gasteiger partial charge on any atom is -0.488 e. The monoisotopic (exact) mass is 469 g/mol. The summed E-state index contributed by atoms with van der Waals surface area (Å²) in [7, 11) is 0. The third-order valence-corrected chi connectivity index (χ3v) is 5.78. The quantitative estimate of drug-likeness (QED) is 0.301. The Bertz CT molecular complexity index is 1290. The Labute approximate surface area is 194 Å². The lowest BCUT2D eigenvalue weighted by atomic mass is 10.0. The molecule has 0 spiro atoms. The highest BCUT2D eigenvalue weighted by atomic mass is 35.5. The average Bonchev–Trinajstić information content (AvgIpc) is 2.78. The normalized spacial score (nSPS) is 10.8. The van der Waals surface area contributed by atoms with Gasteiger partial charge in [-0.05, 0) is 47.2 Å². The molecule has 0 saturated heterocycles. The molecule has 0 aliphatic heterocycles. The molecule has 0 bridgehead atoms. The number of hydrogen-bond acceptors (Lipinski definition) is 3. The highest BCUT2D eigenvalue weighted by Gasteiger charge is 2.14. The van der Waals surface area contributed by atoms with Gasteiger partial charge in [0.25, 0.3) is 0 Å². The molecule has 0 aromatic heterocycles. The van der Waals surface area contributed by atoms with Gasteiger partial charge >= 0.3 is 5.97 Å². The van der Waals surface area contributed by atoms with Crippen LogP contribution in [-0.2, 0) is 13.2 Å². The van der Waals surface area contributed by atoms with E-state index in [4.69, 9.17) is 27.9 Å². The molecule has 0 unspecified atom stereocenters. The second-order valence-electron chi connectivity index (χ2n) is 7.11. The lowest BCUT2D eigenvalue weighted by Crippen LogP contribution is -2.06. The zero-order valence-electron chi connectivity index (χ0n) is 16.7. The summed E-state index contributed by atoms with van der Waals surface area (Å²) in [4.78, 5) is 11.4. The first-order valence-electron chi connectivity index (χ1n) is 9.77. The summed E-state index contributed by atoms with van der Waals surface area (Å²) in [5.41, 5.74) is 1.75. The van der Waals surface area contributed by atoms with Crippen molar-refractivity contribution in [1.82, 2.24) is 0 Å². The number of anilines is 1. The molecule has 162 valence electrons. The molecule has 0 radical (unpaired) electrons. The number of carboxylic acid groups (broad SMARTS) is 1. The first-order chi connectivity index (χ1) is 15.4. The molecule has 4 aromatic carbocycles. The fraction of sp³-hybridized carbons (Fsp3) is 0.0800. The van der Waals surface area contributed by atoms with E-state index in [0.29, 0.717) is 23.0 Å². The van der Waals surface area contributed by atoms with E-state index in [2.05, 4.69) is 5.32 Å². The maximum Gasteiger partial charge on any atom is 0.337 e. The predicted molar refractivity (Wildman–Crippen MR) is 125 cm³/mol. The molecular formula is C25H18Cl2FNO3. The number of carbonyl (C=O) groups is 1. The Morgan fingerprint density at radius 2 is 1.75 bits per heavy atom. The number of halogens is 3. The van der Waals surface area contributed by atoms with Crippen molar-refractivity contribution >= 4 is 45.6 Å². The molecule has 4 nitrogen and oxygen atoms in total. The Hall–Kier alpha value is -3.28. The minimum absolute atomic E-state index is 0.0141. The van der Waals surface area contributed by atoms with Gasteiger partial charge in [-0.25, -0.2) is 9.18 Å². The molecule has 4 rings (SSSR count). The lowest BCUT2D eigenvalue weighted by Gasteiger charge is -2.17. The largest absolute Gasteiger partial charge is 0.488 e. The molecular weight excluding hydrogens is 452 g/mol. The van der Waals surface area contributed by atoms with Crippen molar-refractivity contribution in [3.63, 3.8) is 0 Å². The third-order valence-electron chi connectivity index (χ3n) is 5.10. The van der Waals surface area contributed by atoms with Gasteiger partial charge in [-0.3, -0.25) is 0 Å². The molecule has 0 heterocycles. The standard InChI is InChI=1S/C25H18Cl2FNO3/c26-21-6-3-7-23(28)20(21)14-32-24-11-8-15-4-1-2-5-17(15)19(24)13-29-16-9-10-22(27)18(12-16)25(30)31/h1-12,29H,13-14H2,(H,30,31). The summed E-state index contributed by atoms with van der Waals surface area (Å²) >= 11 is 12.1. The van der Waals surface area contributed by atoms with Gasteiger partial charge < -0.3 is 15.2 Å². The summed E-state index contributed by atoms with van der Waals surface area (Å²) in [6, 6.07) is 20.8. The fourth-order valence-electron chi connectivity index (χ4n) is 3.44. The number of ether oxygens (including phenoxy) is 1. The van der Waals surface area contributed by atoms with Crippen molar-refractivity contribution in [1.29, 1.82) is 0 Å². The van der Waals surface area contributed by atoms with Gasteiger partial charge in [0.1, 0.15) is 18.2 Å². The van der Waals surface area contributed by atoms with Crippen LogP contribution in [0.4, 0.5) is 10.1 Å². The van der Waals surface area contributed by atoms with Crippen molar-refractivity contribution in [2.75, 3.05) is 5.32 Å². The van der Waals surface area contributed by atoms with Crippen molar-refractivity contribution < 1.29 is 19.0 Å². The van der Waals surface area contributed by atoms with Gasteiger partial charge in [0, 0.05) is 23.4 Å². The number of fused-ring (bicyclic) bond motifs is 1. The van der Waals surface area contributed by atoms with Crippen LogP contribution in [0.1, 0.15) is 21.5 Å². The van der Waals surface area contributed by atoms with E-state index in [1.807, 2.05) is 36.4 Å². The Balaban J connectivity index is 1.65. The van der Waals surface area contributed by atoms with Crippen LogP contribution < -0.4 is 10.1 Å². The number of nitrogens with one attached hydrogen (secondary N) is 1. The van der Waals surface area contributed by atoms with Crippen LogP contribution in [0.25, 0.3) is 10.8 Å². The average molecular weight is 470 g/mol. The highest BCUT2D eigenvalue weighted by Crippen LogP contribution is 2.31. The fourth-order valence-corrected chi connectivity index (χ4v) is 3.86. The first kappa shape index (κ1) is 21.9. The molecule has 0 saturated carbocycles. The number of carboxylic acids is 1. The maximum absolute atomic E-state index is 14.2. The van der Waals surface area contributed by atoms with Crippen molar-refractivity contribution in [3.8, 4) is 5.75 Å². The van der Waals surface area contributed by atoms with Gasteiger partial charge in [0.2, 0.25) is 0 Å². The minimum atomic E-state index is -1.10. The van der Waals surface area contributed by atoms with Crippen LogP contribution in [0.5, 0.6) is 5.75 Å². The van der Waals surface area contributed by atoms with E-state index in [1.165, 1.54) is 18.2 Å². The SMILES string of the molecule is O=C(O)c1cc(NCc2c(OCc3c(F)cccc3Cl)ccc3ccccc23)ccc1Cl. The zero-order chi connectivity index (χ0) is 22.7. The van der Waals surface area contributed by atoms with Crippen molar-refractivity contribution in [3.05, 3.63) is 105 Å². The molecule has 0 atom stereocenters. The third kappa shape index (κ3) is 4.64. The van der Waals surface area contributed by atoms with Gasteiger partial charge in [-0.2, -0.15) is 0 Å². The summed E-state index contributed by atoms with van der Waals surface area (Å²) in [5, 5.41) is 15.0. The number of aromatic carboxylic acids is 1. The van der Waals surface area contributed by atoms with E-state index in [1.54, 1.807) is 18.2 Å². The van der Waals surface area contributed by atoms with E-state index in [0.717, 1.165) is 16.3 Å². The summed E-state index contributed by atoms with van der Waals surface area (Å²) in [6.07, 6.45) is 0. The van der Waals surface area contributed by atoms with Gasteiger partial charge in [-0.15, -0.1) is 0 Å². The molecule has 0 amide bonds. The number of hydrogen-bond donors (Lipinski definition) is 2. The molecule has 4 aromatic rings. The van der Waals surface area contributed by atoms with Crippen LogP contribution in [0.15, 0.2) is 72.8 Å². The second-order valence-corrected chi connectivity index (χ2v) is 7.92. The summed E-state index contributed by atoms with van der Waals surface area (Å²) in [5.74, 6) is -0.960. The first-order valence-corrected chi connectivity index (χ1v) is 10.5. The van der Waals surface area contributed by atoms with Crippen LogP contribution in [0.2, 0.25) is 10.0 Å². The number of benzene rings is 4. The molecule has 7 heteroatoms. The van der Waals surface area contributed by atoms with Crippen LogP contribution in [0, 0.1) is 5.82 Å². The molecule has 32 heavy (non-hydrogen) atoms. The van der Waals surface area contributed by atoms with Crippen molar-refractivity contribution in [2.24, 2.45) is 0 Å². The van der Waals surface area contributed by atoms with Crippen LogP contribution >= 0.6 is 23.2 Å². The Kier molecular flexibility index (Phi) is 6.49. The zero-order valence-corrected chi connectivity index (χ0v) is 18.3. The van der Waals surface area contributed by atoms with Gasteiger partial charge in [0.15, 0.2) is 0 Å². The van der Waals surface area contributed by atoms with Gasteiger partial charge in [0.05, 0.1) is 15.6 Å². The second kappa shape index (κ2) is 9.47. The van der Waals surface area contributed by atoms with E-state index in [9.17, 15) is 14.3 Å². The predicted octanol–water partition coefficient (Wildman–Crippen LogP) is 7.18. The van der Waals surface area contributed by atoms with E-state index in [-0.39, 0.29) is 22.8 Å². The molecule has 0 aliphatic carbocycles. The Morgan fingerprint density at radius 1 is 0.938 bits per heavy atom. The van der Waals surface area contributed by atoms with Crippen LogP contribution in [0.3, 0.4) is 0 Å².